The number of H-pyrrole nitrogens is 1. The maximum absolute atomic E-state index is 11.7. The van der Waals surface area contributed by atoms with Gasteiger partial charge in [0, 0.05) is 0 Å². The maximum atomic E-state index is 11.7. The number of imidazole rings is 1. The van der Waals surface area contributed by atoms with E-state index in [1.807, 2.05) is 0 Å². The maximum Gasteiger partial charge on any atom is 0.476 e. The summed E-state index contributed by atoms with van der Waals surface area (Å²) in [4.78, 5) is 80.2. The van der Waals surface area contributed by atoms with E-state index in [1.54, 1.807) is 0 Å². The van der Waals surface area contributed by atoms with Gasteiger partial charge in [0.15, 0.2) is 23.3 Å². The van der Waals surface area contributed by atoms with Crippen molar-refractivity contribution in [2.45, 2.75) is 24.5 Å². The van der Waals surface area contributed by atoms with E-state index in [2.05, 4.69) is 23.8 Å². The van der Waals surface area contributed by atoms with Crippen LogP contribution in [0, 0.1) is 0 Å². The number of ether oxygens (including phenoxy) is 1. The molecule has 212 valence electrons. The molecule has 3 rings (SSSR count). The molecular weight excluding hydrogens is 598 g/mol. The Morgan fingerprint density at radius 3 is 2.14 bits per heavy atom. The monoisotopic (exact) mass is 619 g/mol. The van der Waals surface area contributed by atoms with E-state index in [1.165, 1.54) is 10.9 Å². The van der Waals surface area contributed by atoms with Gasteiger partial charge >= 0.3 is 30.8 Å². The number of rotatable bonds is 8. The molecule has 37 heavy (non-hydrogen) atoms. The molecule has 0 radical (unpaired) electrons. The third-order valence-corrected chi connectivity index (χ3v) is 9.33. The lowest BCUT2D eigenvalue weighted by molar-refractivity contribution is -0.0503. The quantitative estimate of drug-likeness (QED) is 0.130. The van der Waals surface area contributed by atoms with E-state index in [4.69, 9.17) is 44.7 Å². The van der Waals surface area contributed by atoms with Gasteiger partial charge in [0.05, 0.1) is 12.9 Å². The minimum absolute atomic E-state index is 0.0176. The number of nitrogens with one attached hydrogen (secondary N) is 1. The fraction of sp³-hybridized carbons (Fsp3) is 0.545. The first-order chi connectivity index (χ1) is 16.6. The molecule has 0 bridgehead atoms. The highest BCUT2D eigenvalue weighted by molar-refractivity contribution is 7.73. The molecule has 0 saturated carbocycles. The van der Waals surface area contributed by atoms with Crippen LogP contribution in [-0.2, 0) is 31.8 Å². The molecule has 0 aromatic carbocycles. The number of phosphoric acid groups is 2. The van der Waals surface area contributed by atoms with Crippen molar-refractivity contribution in [3.05, 3.63) is 16.7 Å². The first-order valence-electron chi connectivity index (χ1n) is 9.16. The van der Waals surface area contributed by atoms with Gasteiger partial charge in [-0.05, 0) is 0 Å². The van der Waals surface area contributed by atoms with Gasteiger partial charge in [0.25, 0.3) is 5.56 Å². The average Bonchev–Trinajstić information content (AvgIpc) is 3.18. The molecule has 1 unspecified atom stereocenters. The van der Waals surface area contributed by atoms with Crippen LogP contribution < -0.4 is 11.3 Å². The van der Waals surface area contributed by atoms with Gasteiger partial charge in [-0.1, -0.05) is 0 Å². The summed E-state index contributed by atoms with van der Waals surface area (Å²) in [6.45, 7) is -0.651. The molecule has 2 aromatic heterocycles. The van der Waals surface area contributed by atoms with Crippen molar-refractivity contribution in [2.75, 3.05) is 18.2 Å². The molecule has 3 heterocycles. The number of nitrogens with zero attached hydrogens (tertiary/aromatic N) is 3. The highest BCUT2D eigenvalue weighted by Gasteiger charge is 2.45. The molecule has 5 atom stereocenters. The van der Waals surface area contributed by atoms with Crippen molar-refractivity contribution in [1.29, 1.82) is 0 Å². The molecule has 12 N–H and O–H groups in total. The Labute approximate surface area is 203 Å². The molecule has 26 heteroatoms. The highest BCUT2D eigenvalue weighted by Crippen LogP contribution is 2.63. The van der Waals surface area contributed by atoms with Gasteiger partial charge in [-0.15, -0.1) is 0 Å². The number of anilines is 1. The minimum Gasteiger partial charge on any atom is -0.387 e. The summed E-state index contributed by atoms with van der Waals surface area (Å²) in [6, 6.07) is 0. The summed E-state index contributed by atoms with van der Waals surface area (Å²) >= 11 is 0. The van der Waals surface area contributed by atoms with Crippen LogP contribution in [0.5, 0.6) is 0 Å². The predicted octanol–water partition coefficient (Wildman–Crippen LogP) is -3.15. The van der Waals surface area contributed by atoms with Crippen molar-refractivity contribution < 1.29 is 76.3 Å². The second kappa shape index (κ2) is 11.4. The number of hydrogen-bond donors (Lipinski definition) is 11. The Hall–Kier alpha value is -1.41. The molecule has 1 aliphatic rings. The SMILES string of the molecule is Nc1nc2c(ncn2[C@@H]2O[C@H](COP(=O)(O)O)[C@@H](O)[C@H]2O)c(=O)[nH]1.O=P(O)(O)CP(=O)(O)OP(=O)(O)O. The number of fused-ring (bicyclic) bond motifs is 1. The number of nitrogen functional groups attached to an aromatic ring is 1. The molecule has 22 nitrogen and oxygen atoms in total. The Bertz CT molecular complexity index is 1330. The number of aliphatic hydroxyl groups excluding tert-OH is 2. The molecule has 0 aliphatic carbocycles. The third kappa shape index (κ3) is 9.68. The number of hydrogen-bond acceptors (Lipinski definition) is 13. The lowest BCUT2D eigenvalue weighted by Crippen LogP contribution is -2.33. The molecule has 1 aliphatic heterocycles. The zero-order chi connectivity index (χ0) is 28.6. The molecule has 0 spiro atoms. The van der Waals surface area contributed by atoms with Crippen LogP contribution in [0.15, 0.2) is 11.1 Å². The summed E-state index contributed by atoms with van der Waals surface area (Å²) in [7, 11) is -19.8. The van der Waals surface area contributed by atoms with Crippen LogP contribution in [0.2, 0.25) is 0 Å². The lowest BCUT2D eigenvalue weighted by Gasteiger charge is -2.16. The van der Waals surface area contributed by atoms with Crippen LogP contribution in [0.25, 0.3) is 11.2 Å². The minimum atomic E-state index is -5.23. The first-order valence-corrected chi connectivity index (χ1v) is 15.8. The van der Waals surface area contributed by atoms with Gasteiger partial charge in [0.1, 0.15) is 18.3 Å². The molecule has 1 saturated heterocycles. The topological polar surface area (TPSA) is 368 Å². The Morgan fingerprint density at radius 2 is 1.62 bits per heavy atom. The molecular formula is C11H21N5O17P4. The summed E-state index contributed by atoms with van der Waals surface area (Å²) in [6.07, 6.45) is -4.22. The zero-order valence-electron chi connectivity index (χ0n) is 17.8. The second-order valence-corrected chi connectivity index (χ2v) is 13.7. The van der Waals surface area contributed by atoms with Crippen molar-refractivity contribution in [1.82, 2.24) is 19.5 Å². The van der Waals surface area contributed by atoms with Crippen molar-refractivity contribution in [3.8, 4) is 0 Å². The number of nitrogens with two attached hydrogens (primary N) is 1. The number of aliphatic hydroxyl groups is 2. The van der Waals surface area contributed by atoms with Crippen LogP contribution in [0.1, 0.15) is 6.23 Å². The van der Waals surface area contributed by atoms with E-state index >= 15 is 0 Å². The molecule has 2 aromatic rings. The van der Waals surface area contributed by atoms with Gasteiger partial charge in [-0.25, -0.2) is 18.4 Å². The fourth-order valence-corrected chi connectivity index (χ4v) is 7.03. The number of aromatic amines is 1. The molecule has 1 fully saturated rings. The van der Waals surface area contributed by atoms with Crippen molar-refractivity contribution in [2.24, 2.45) is 0 Å². The van der Waals surface area contributed by atoms with E-state index < -0.39 is 73.4 Å². The van der Waals surface area contributed by atoms with Gasteiger partial charge in [0.2, 0.25) is 5.95 Å². The highest BCUT2D eigenvalue weighted by atomic mass is 31.3. The smallest absolute Gasteiger partial charge is 0.387 e. The second-order valence-electron chi connectivity index (χ2n) is 7.12. The van der Waals surface area contributed by atoms with Gasteiger partial charge < -0.3 is 54.9 Å². The summed E-state index contributed by atoms with van der Waals surface area (Å²) in [5.74, 6) is -1.81. The summed E-state index contributed by atoms with van der Waals surface area (Å²) in [5, 5.41) is 20.1. The molecule has 0 amide bonds. The van der Waals surface area contributed by atoms with Crippen LogP contribution in [-0.4, -0.2) is 94.8 Å². The van der Waals surface area contributed by atoms with E-state index in [-0.39, 0.29) is 17.1 Å². The normalized spacial score (nSPS) is 24.5. The van der Waals surface area contributed by atoms with Gasteiger partial charge in [-0.2, -0.15) is 4.98 Å². The van der Waals surface area contributed by atoms with Crippen LogP contribution in [0.4, 0.5) is 5.95 Å². The van der Waals surface area contributed by atoms with E-state index in [9.17, 15) is 33.3 Å². The Balaban J connectivity index is 0.000000317. The van der Waals surface area contributed by atoms with Gasteiger partial charge in [-0.3, -0.25) is 28.0 Å². The predicted molar refractivity (Wildman–Crippen MR) is 116 cm³/mol. The van der Waals surface area contributed by atoms with Crippen molar-refractivity contribution in [3.63, 3.8) is 0 Å². The zero-order valence-corrected chi connectivity index (χ0v) is 21.4. The number of aromatic nitrogens is 4. The summed E-state index contributed by atoms with van der Waals surface area (Å²) < 4.78 is 55.6. The number of phosphoric ester groups is 1. The van der Waals surface area contributed by atoms with Crippen LogP contribution >= 0.6 is 30.8 Å². The van der Waals surface area contributed by atoms with E-state index in [0.717, 1.165) is 0 Å². The third-order valence-electron chi connectivity index (χ3n) is 4.07. The Morgan fingerprint density at radius 1 is 1.03 bits per heavy atom. The van der Waals surface area contributed by atoms with Crippen molar-refractivity contribution >= 4 is 47.9 Å². The first kappa shape index (κ1) is 31.8. The van der Waals surface area contributed by atoms with Crippen LogP contribution in [0.3, 0.4) is 0 Å². The fourth-order valence-electron chi connectivity index (χ4n) is 2.82. The largest absolute Gasteiger partial charge is 0.476 e. The summed E-state index contributed by atoms with van der Waals surface area (Å²) in [5.41, 5.74) is 4.84. The lowest BCUT2D eigenvalue weighted by atomic mass is 10.1. The Kier molecular flexibility index (Phi) is 9.77. The average molecular weight is 619 g/mol. The van der Waals surface area contributed by atoms with E-state index in [0.29, 0.717) is 0 Å². The standard InChI is InChI=1S/C10H14N5O8P.CH7O9P3/c11-10-13-7-4(8(18)14-10)12-2-15(7)9-6(17)5(16)3(23-9)1-22-24(19,20)21;2-11(3,4)1-12(5,6)10-13(7,8)9/h2-3,5-6,9,16-17H,1H2,(H2,19,20,21)(H3,11,13,14,18);1H2,(H,5,6)(H2,2,3,4)(H2,7,8,9)/t3-,5-,6-,9-;/m1./s1.